The molecule has 3 rings (SSSR count). The van der Waals surface area contributed by atoms with E-state index in [4.69, 9.17) is 4.42 Å². The average Bonchev–Trinajstić information content (AvgIpc) is 2.84. The molecule has 0 amide bonds. The zero-order chi connectivity index (χ0) is 11.2. The summed E-state index contributed by atoms with van der Waals surface area (Å²) in [4.78, 5) is 4.60. The number of hydrogen-bond acceptors (Lipinski definition) is 3. The van der Waals surface area contributed by atoms with Gasteiger partial charge in [0.1, 0.15) is 5.52 Å². The van der Waals surface area contributed by atoms with Crippen LogP contribution in [0.5, 0.6) is 0 Å². The summed E-state index contributed by atoms with van der Waals surface area (Å²) in [7, 11) is 0. The van der Waals surface area contributed by atoms with Crippen LogP contribution < -0.4 is 5.32 Å². The molecule has 0 radical (unpaired) electrons. The van der Waals surface area contributed by atoms with Gasteiger partial charge in [-0.25, -0.2) is 4.98 Å². The summed E-state index contributed by atoms with van der Waals surface area (Å²) >= 11 is 0. The van der Waals surface area contributed by atoms with Crippen LogP contribution in [0.4, 0.5) is 0 Å². The first-order valence-corrected chi connectivity index (χ1v) is 5.80. The monoisotopic (exact) mass is 216 g/mol. The largest absolute Gasteiger partial charge is 0.439 e. The second kappa shape index (κ2) is 3.32. The molecule has 3 nitrogen and oxygen atoms in total. The Bertz CT molecular complexity index is 524. The normalized spacial score (nSPS) is 25.4. The Labute approximate surface area is 94.9 Å². The van der Waals surface area contributed by atoms with Gasteiger partial charge >= 0.3 is 0 Å². The molecule has 0 saturated carbocycles. The zero-order valence-corrected chi connectivity index (χ0v) is 9.71. The number of aromatic nitrogens is 1. The molecule has 1 atom stereocenters. The Morgan fingerprint density at radius 3 is 3.06 bits per heavy atom. The van der Waals surface area contributed by atoms with Gasteiger partial charge in [0.15, 0.2) is 5.58 Å². The van der Waals surface area contributed by atoms with Gasteiger partial charge < -0.3 is 9.73 Å². The minimum Gasteiger partial charge on any atom is -0.439 e. The van der Waals surface area contributed by atoms with E-state index in [2.05, 4.69) is 36.3 Å². The lowest BCUT2D eigenvalue weighted by Gasteiger charge is -2.19. The minimum absolute atomic E-state index is 0.0765. The van der Waals surface area contributed by atoms with Crippen molar-refractivity contribution in [1.29, 1.82) is 0 Å². The summed E-state index contributed by atoms with van der Waals surface area (Å²) in [6.45, 7) is 5.29. The number of rotatable bonds is 1. The number of hydrogen-bond donors (Lipinski definition) is 1. The molecule has 84 valence electrons. The van der Waals surface area contributed by atoms with Crippen LogP contribution in [-0.4, -0.2) is 11.5 Å². The lowest BCUT2D eigenvalue weighted by Crippen LogP contribution is -2.33. The molecule has 0 bridgehead atoms. The average molecular weight is 216 g/mol. The zero-order valence-electron chi connectivity index (χ0n) is 9.71. The maximum absolute atomic E-state index is 5.84. The van der Waals surface area contributed by atoms with Gasteiger partial charge in [0, 0.05) is 0 Å². The molecule has 1 unspecified atom stereocenters. The van der Waals surface area contributed by atoms with Crippen LogP contribution in [0.25, 0.3) is 11.1 Å². The number of fused-ring (bicyclic) bond motifs is 1. The van der Waals surface area contributed by atoms with Crippen LogP contribution in [0.1, 0.15) is 31.2 Å². The van der Waals surface area contributed by atoms with Crippen LogP contribution >= 0.6 is 0 Å². The van der Waals surface area contributed by atoms with Crippen LogP contribution in [0.3, 0.4) is 0 Å². The van der Waals surface area contributed by atoms with Crippen molar-refractivity contribution in [2.45, 2.75) is 32.2 Å². The molecular weight excluding hydrogens is 200 g/mol. The molecule has 3 heteroatoms. The summed E-state index contributed by atoms with van der Waals surface area (Å²) in [6.07, 6.45) is 2.28. The fourth-order valence-corrected chi connectivity index (χ4v) is 2.35. The first kappa shape index (κ1) is 9.85. The predicted molar refractivity (Wildman–Crippen MR) is 63.3 cm³/mol. The number of benzene rings is 1. The molecule has 1 aromatic heterocycles. The lowest BCUT2D eigenvalue weighted by molar-refractivity contribution is 0.330. The van der Waals surface area contributed by atoms with E-state index in [9.17, 15) is 0 Å². The highest BCUT2D eigenvalue weighted by atomic mass is 16.4. The molecule has 16 heavy (non-hydrogen) atoms. The van der Waals surface area contributed by atoms with E-state index < -0.39 is 0 Å². The van der Waals surface area contributed by atoms with E-state index >= 15 is 0 Å². The molecule has 0 spiro atoms. The van der Waals surface area contributed by atoms with Gasteiger partial charge in [-0.2, -0.15) is 0 Å². The molecule has 1 fully saturated rings. The van der Waals surface area contributed by atoms with Crippen molar-refractivity contribution in [1.82, 2.24) is 10.3 Å². The maximum atomic E-state index is 5.84. The van der Waals surface area contributed by atoms with Crippen LogP contribution in [0.15, 0.2) is 22.6 Å². The molecule has 1 N–H and O–H groups in total. The SMILES string of the molecule is Cc1ccc2oc(C3(C)CCCN3)nc2c1. The number of aryl methyl sites for hydroxylation is 1. The highest BCUT2D eigenvalue weighted by molar-refractivity contribution is 5.73. The number of oxazole rings is 1. The fraction of sp³-hybridized carbons (Fsp3) is 0.462. The Morgan fingerprint density at radius 1 is 1.44 bits per heavy atom. The van der Waals surface area contributed by atoms with Crippen molar-refractivity contribution in [3.05, 3.63) is 29.7 Å². The van der Waals surface area contributed by atoms with Gasteiger partial charge in [0.2, 0.25) is 5.89 Å². The van der Waals surface area contributed by atoms with Crippen molar-refractivity contribution in [2.24, 2.45) is 0 Å². The van der Waals surface area contributed by atoms with Gasteiger partial charge in [-0.15, -0.1) is 0 Å². The Morgan fingerprint density at radius 2 is 2.31 bits per heavy atom. The summed E-state index contributed by atoms with van der Waals surface area (Å²) in [5, 5.41) is 3.47. The van der Waals surface area contributed by atoms with Gasteiger partial charge in [-0.05, 0) is 50.9 Å². The third-order valence-corrected chi connectivity index (χ3v) is 3.38. The topological polar surface area (TPSA) is 38.1 Å². The van der Waals surface area contributed by atoms with Crippen LogP contribution in [0, 0.1) is 6.92 Å². The molecule has 1 aliphatic rings. The Kier molecular flexibility index (Phi) is 2.04. The highest BCUT2D eigenvalue weighted by Gasteiger charge is 2.34. The molecular formula is C13H16N2O. The van der Waals surface area contributed by atoms with E-state index in [0.717, 1.165) is 30.0 Å². The third-order valence-electron chi connectivity index (χ3n) is 3.38. The first-order chi connectivity index (χ1) is 7.67. The number of nitrogens with zero attached hydrogens (tertiary/aromatic N) is 1. The van der Waals surface area contributed by atoms with Crippen molar-refractivity contribution in [3.8, 4) is 0 Å². The Balaban J connectivity index is 2.11. The number of nitrogens with one attached hydrogen (secondary N) is 1. The van der Waals surface area contributed by atoms with Crippen molar-refractivity contribution in [3.63, 3.8) is 0 Å². The lowest BCUT2D eigenvalue weighted by atomic mass is 10.0. The second-order valence-electron chi connectivity index (χ2n) is 4.85. The third kappa shape index (κ3) is 1.43. The summed E-state index contributed by atoms with van der Waals surface area (Å²) < 4.78 is 5.84. The van der Waals surface area contributed by atoms with E-state index in [1.807, 2.05) is 6.07 Å². The molecule has 1 aliphatic heterocycles. The molecule has 1 saturated heterocycles. The van der Waals surface area contributed by atoms with Gasteiger partial charge in [-0.3, -0.25) is 0 Å². The maximum Gasteiger partial charge on any atom is 0.215 e. The van der Waals surface area contributed by atoms with Crippen molar-refractivity contribution < 1.29 is 4.42 Å². The summed E-state index contributed by atoms with van der Waals surface area (Å²) in [5.41, 5.74) is 2.99. The van der Waals surface area contributed by atoms with Crippen LogP contribution in [0.2, 0.25) is 0 Å². The molecule has 0 aliphatic carbocycles. The fourth-order valence-electron chi connectivity index (χ4n) is 2.35. The standard InChI is InChI=1S/C13H16N2O/c1-9-4-5-11-10(8-9)15-12(16-11)13(2)6-3-7-14-13/h4-5,8,14H,3,6-7H2,1-2H3. The van der Waals surface area contributed by atoms with E-state index in [1.165, 1.54) is 12.0 Å². The van der Waals surface area contributed by atoms with E-state index in [0.29, 0.717) is 0 Å². The summed E-state index contributed by atoms with van der Waals surface area (Å²) in [5.74, 6) is 0.825. The second-order valence-corrected chi connectivity index (χ2v) is 4.85. The van der Waals surface area contributed by atoms with Crippen molar-refractivity contribution in [2.75, 3.05) is 6.54 Å². The molecule has 2 heterocycles. The van der Waals surface area contributed by atoms with E-state index in [1.54, 1.807) is 0 Å². The van der Waals surface area contributed by atoms with Crippen LogP contribution in [-0.2, 0) is 5.54 Å². The molecule has 2 aromatic rings. The van der Waals surface area contributed by atoms with E-state index in [-0.39, 0.29) is 5.54 Å². The highest BCUT2D eigenvalue weighted by Crippen LogP contribution is 2.31. The smallest absolute Gasteiger partial charge is 0.215 e. The van der Waals surface area contributed by atoms with Gasteiger partial charge in [0.05, 0.1) is 5.54 Å². The van der Waals surface area contributed by atoms with Gasteiger partial charge in [0.25, 0.3) is 0 Å². The summed E-state index contributed by atoms with van der Waals surface area (Å²) in [6, 6.07) is 6.13. The Hall–Kier alpha value is -1.35. The van der Waals surface area contributed by atoms with Gasteiger partial charge in [-0.1, -0.05) is 6.07 Å². The quantitative estimate of drug-likeness (QED) is 0.796. The molecule has 1 aromatic carbocycles. The van der Waals surface area contributed by atoms with Crippen molar-refractivity contribution >= 4 is 11.1 Å². The predicted octanol–water partition coefficient (Wildman–Crippen LogP) is 2.73. The minimum atomic E-state index is -0.0765. The first-order valence-electron chi connectivity index (χ1n) is 5.80.